The van der Waals surface area contributed by atoms with Gasteiger partial charge in [-0.25, -0.2) is 8.42 Å². The van der Waals surface area contributed by atoms with Gasteiger partial charge in [-0.1, -0.05) is 18.2 Å². The number of carbonyl (C=O) groups excluding carboxylic acids is 1. The summed E-state index contributed by atoms with van der Waals surface area (Å²) in [6.07, 6.45) is 2.32. The lowest BCUT2D eigenvalue weighted by atomic mass is 10.1. The van der Waals surface area contributed by atoms with Gasteiger partial charge in [0.1, 0.15) is 30.6 Å². The highest BCUT2D eigenvalue weighted by atomic mass is 32.2. The Balaban J connectivity index is 1.65. The number of ether oxygens (including phenoxy) is 3. The number of methoxy groups -OCH3 is 1. The standard InChI is InChI=1S/C24H24N4O6S2/c1-15-5-6-16(2)20(11-15)34-10-9-33-19-8-7-17(13-21(19)32-3)12-18(14-25)22(29)26-23-27-24(28-35-23)36(4,30)31/h5-8,11-13H,9-10H2,1-4H3,(H,26,27,28,29)/b18-12-. The monoisotopic (exact) mass is 528 g/mol. The van der Waals surface area contributed by atoms with Gasteiger partial charge >= 0.3 is 0 Å². The van der Waals surface area contributed by atoms with Gasteiger partial charge in [0, 0.05) is 17.8 Å². The Morgan fingerprint density at radius 1 is 1.11 bits per heavy atom. The fourth-order valence-corrected chi connectivity index (χ4v) is 4.39. The number of aryl methyl sites for hydroxylation is 2. The molecule has 1 amide bonds. The molecule has 3 aromatic rings. The van der Waals surface area contributed by atoms with Gasteiger partial charge in [-0.15, -0.1) is 0 Å². The van der Waals surface area contributed by atoms with E-state index >= 15 is 0 Å². The molecule has 0 spiro atoms. The Hall–Kier alpha value is -3.95. The Morgan fingerprint density at radius 2 is 1.83 bits per heavy atom. The van der Waals surface area contributed by atoms with Gasteiger partial charge in [-0.05, 0) is 54.8 Å². The van der Waals surface area contributed by atoms with Crippen LogP contribution in [0.1, 0.15) is 16.7 Å². The molecule has 0 aliphatic carbocycles. The second-order valence-corrected chi connectivity index (χ2v) is 10.3. The number of hydrogen-bond acceptors (Lipinski definition) is 10. The predicted octanol–water partition coefficient (Wildman–Crippen LogP) is 3.57. The molecule has 12 heteroatoms. The number of nitrogens with zero attached hydrogens (tertiary/aromatic N) is 3. The summed E-state index contributed by atoms with van der Waals surface area (Å²) in [6.45, 7) is 4.58. The maximum absolute atomic E-state index is 12.5. The van der Waals surface area contributed by atoms with Gasteiger partial charge in [0.15, 0.2) is 11.5 Å². The summed E-state index contributed by atoms with van der Waals surface area (Å²) in [4.78, 5) is 16.2. The smallest absolute Gasteiger partial charge is 0.268 e. The number of aromatic nitrogens is 2. The van der Waals surface area contributed by atoms with Crippen molar-refractivity contribution in [2.75, 3.05) is 31.9 Å². The largest absolute Gasteiger partial charge is 0.493 e. The average molecular weight is 529 g/mol. The van der Waals surface area contributed by atoms with E-state index in [-0.39, 0.29) is 17.3 Å². The second-order valence-electron chi connectivity index (χ2n) is 7.65. The zero-order valence-corrected chi connectivity index (χ0v) is 21.7. The van der Waals surface area contributed by atoms with Gasteiger partial charge in [0.05, 0.1) is 7.11 Å². The number of benzene rings is 2. The molecular weight excluding hydrogens is 504 g/mol. The Labute approximate surface area is 213 Å². The summed E-state index contributed by atoms with van der Waals surface area (Å²) in [7, 11) is -2.13. The summed E-state index contributed by atoms with van der Waals surface area (Å²) < 4.78 is 43.7. The lowest BCUT2D eigenvalue weighted by Gasteiger charge is -2.13. The average Bonchev–Trinajstić information content (AvgIpc) is 3.31. The van der Waals surface area contributed by atoms with Gasteiger partial charge in [0.25, 0.3) is 11.1 Å². The van der Waals surface area contributed by atoms with Gasteiger partial charge in [-0.2, -0.15) is 14.6 Å². The van der Waals surface area contributed by atoms with E-state index in [4.69, 9.17) is 14.2 Å². The maximum atomic E-state index is 12.5. The van der Waals surface area contributed by atoms with Crippen LogP contribution in [-0.2, 0) is 14.6 Å². The predicted molar refractivity (Wildman–Crippen MR) is 135 cm³/mol. The highest BCUT2D eigenvalue weighted by molar-refractivity contribution is 7.90. The van der Waals surface area contributed by atoms with E-state index in [1.165, 1.54) is 13.2 Å². The molecule has 0 aliphatic rings. The molecule has 188 valence electrons. The van der Waals surface area contributed by atoms with Crippen LogP contribution in [0.3, 0.4) is 0 Å². The van der Waals surface area contributed by atoms with Crippen molar-refractivity contribution in [3.05, 3.63) is 58.7 Å². The highest BCUT2D eigenvalue weighted by Gasteiger charge is 2.18. The molecule has 1 heterocycles. The molecule has 0 fully saturated rings. The first-order valence-electron chi connectivity index (χ1n) is 10.6. The van der Waals surface area contributed by atoms with E-state index in [1.54, 1.807) is 18.2 Å². The first kappa shape index (κ1) is 26.7. The van der Waals surface area contributed by atoms with E-state index in [2.05, 4.69) is 14.7 Å². The molecule has 0 aliphatic heterocycles. The van der Waals surface area contributed by atoms with Crippen LogP contribution in [0.15, 0.2) is 47.1 Å². The van der Waals surface area contributed by atoms with Crippen molar-refractivity contribution in [3.63, 3.8) is 0 Å². The molecule has 3 rings (SSSR count). The molecule has 1 aromatic heterocycles. The van der Waals surface area contributed by atoms with Crippen LogP contribution in [0.4, 0.5) is 5.13 Å². The molecule has 2 aromatic carbocycles. The van der Waals surface area contributed by atoms with Crippen LogP contribution in [0.25, 0.3) is 6.08 Å². The molecular formula is C24H24N4O6S2. The zero-order chi connectivity index (χ0) is 26.3. The summed E-state index contributed by atoms with van der Waals surface area (Å²) >= 11 is 0.701. The van der Waals surface area contributed by atoms with Crippen LogP contribution in [0, 0.1) is 25.2 Å². The number of nitriles is 1. The Kier molecular flexibility index (Phi) is 8.63. The molecule has 36 heavy (non-hydrogen) atoms. The SMILES string of the molecule is COc1cc(/C=C(/C#N)C(=O)Nc2nc(S(C)(=O)=O)ns2)ccc1OCCOc1cc(C)ccc1C. The molecule has 0 radical (unpaired) electrons. The van der Waals surface area contributed by atoms with Crippen molar-refractivity contribution in [1.29, 1.82) is 5.26 Å². The molecule has 1 N–H and O–H groups in total. The summed E-state index contributed by atoms with van der Waals surface area (Å²) in [5.41, 5.74) is 2.44. The van der Waals surface area contributed by atoms with E-state index in [0.29, 0.717) is 35.2 Å². The van der Waals surface area contributed by atoms with Crippen LogP contribution in [0.2, 0.25) is 0 Å². The zero-order valence-electron chi connectivity index (χ0n) is 20.1. The third-order valence-electron chi connectivity index (χ3n) is 4.77. The van der Waals surface area contributed by atoms with Crippen molar-refractivity contribution >= 4 is 38.5 Å². The molecule has 0 unspecified atom stereocenters. The first-order chi connectivity index (χ1) is 17.1. The minimum atomic E-state index is -3.61. The van der Waals surface area contributed by atoms with Gasteiger partial charge in [0.2, 0.25) is 15.0 Å². The van der Waals surface area contributed by atoms with E-state index in [9.17, 15) is 18.5 Å². The first-order valence-corrected chi connectivity index (χ1v) is 13.2. The summed E-state index contributed by atoms with van der Waals surface area (Å²) in [6, 6.07) is 12.8. The quantitative estimate of drug-likeness (QED) is 0.237. The number of hydrogen-bond donors (Lipinski definition) is 1. The molecule has 0 saturated heterocycles. The fraction of sp³-hybridized carbons (Fsp3) is 0.250. The van der Waals surface area contributed by atoms with Crippen molar-refractivity contribution in [3.8, 4) is 23.3 Å². The third-order valence-corrected chi connectivity index (χ3v) is 6.36. The number of nitrogens with one attached hydrogen (secondary N) is 1. The van der Waals surface area contributed by atoms with E-state index in [1.807, 2.05) is 38.1 Å². The molecule has 0 saturated carbocycles. The lowest BCUT2D eigenvalue weighted by molar-refractivity contribution is -0.112. The van der Waals surface area contributed by atoms with Crippen molar-refractivity contribution in [2.45, 2.75) is 19.0 Å². The minimum absolute atomic E-state index is 0.0361. The molecule has 10 nitrogen and oxygen atoms in total. The summed E-state index contributed by atoms with van der Waals surface area (Å²) in [5.74, 6) is 0.936. The van der Waals surface area contributed by atoms with Crippen LogP contribution in [0.5, 0.6) is 17.2 Å². The van der Waals surface area contributed by atoms with E-state index < -0.39 is 20.9 Å². The Morgan fingerprint density at radius 3 is 2.47 bits per heavy atom. The lowest BCUT2D eigenvalue weighted by Crippen LogP contribution is -2.13. The Bertz CT molecular complexity index is 1440. The number of anilines is 1. The van der Waals surface area contributed by atoms with Crippen molar-refractivity contribution < 1.29 is 27.4 Å². The second kappa shape index (κ2) is 11.7. The van der Waals surface area contributed by atoms with Crippen molar-refractivity contribution in [1.82, 2.24) is 9.36 Å². The number of amides is 1. The topological polar surface area (TPSA) is 140 Å². The summed E-state index contributed by atoms with van der Waals surface area (Å²) in [5, 5.41) is 11.4. The number of rotatable bonds is 10. The van der Waals surface area contributed by atoms with Gasteiger partial charge < -0.3 is 14.2 Å². The minimum Gasteiger partial charge on any atom is -0.493 e. The van der Waals surface area contributed by atoms with E-state index in [0.717, 1.165) is 23.1 Å². The fourth-order valence-electron chi connectivity index (χ4n) is 2.95. The number of sulfone groups is 1. The van der Waals surface area contributed by atoms with Crippen LogP contribution < -0.4 is 19.5 Å². The van der Waals surface area contributed by atoms with Crippen molar-refractivity contribution in [2.24, 2.45) is 0 Å². The normalized spacial score (nSPS) is 11.5. The molecule has 0 atom stereocenters. The van der Waals surface area contributed by atoms with Crippen LogP contribution >= 0.6 is 11.5 Å². The van der Waals surface area contributed by atoms with Crippen LogP contribution in [-0.4, -0.2) is 50.3 Å². The van der Waals surface area contributed by atoms with Gasteiger partial charge in [-0.3, -0.25) is 10.1 Å². The maximum Gasteiger partial charge on any atom is 0.268 e. The highest BCUT2D eigenvalue weighted by Crippen LogP contribution is 2.29. The number of carbonyl (C=O) groups is 1. The molecule has 0 bridgehead atoms. The third kappa shape index (κ3) is 7.03.